The van der Waals surface area contributed by atoms with Gasteiger partial charge in [0.15, 0.2) is 5.65 Å². The van der Waals surface area contributed by atoms with Crippen molar-refractivity contribution in [2.75, 3.05) is 6.54 Å². The lowest BCUT2D eigenvalue weighted by Crippen LogP contribution is -2.26. The molecule has 0 aliphatic heterocycles. The van der Waals surface area contributed by atoms with E-state index in [1.165, 1.54) is 10.6 Å². The third-order valence-electron chi connectivity index (χ3n) is 3.92. The Morgan fingerprint density at radius 3 is 2.88 bits per heavy atom. The Hall–Kier alpha value is -3.26. The quantitative estimate of drug-likeness (QED) is 0.567. The van der Waals surface area contributed by atoms with Gasteiger partial charge in [0.25, 0.3) is 5.91 Å². The van der Waals surface area contributed by atoms with Gasteiger partial charge in [-0.2, -0.15) is 5.10 Å². The molecule has 4 rings (SSSR count). The molecule has 0 aliphatic rings. The van der Waals surface area contributed by atoms with Crippen LogP contribution in [-0.2, 0) is 6.42 Å². The number of fused-ring (bicyclic) bond motifs is 1. The molecule has 0 radical (unpaired) electrons. The van der Waals surface area contributed by atoms with Crippen LogP contribution >= 0.6 is 11.3 Å². The van der Waals surface area contributed by atoms with E-state index in [0.29, 0.717) is 24.2 Å². The van der Waals surface area contributed by atoms with E-state index in [0.717, 1.165) is 16.3 Å². The van der Waals surface area contributed by atoms with Gasteiger partial charge in [0.05, 0.1) is 16.3 Å². The summed E-state index contributed by atoms with van der Waals surface area (Å²) in [6, 6.07) is 13.2. The number of rotatable bonds is 5. The van der Waals surface area contributed by atoms with Crippen LogP contribution in [0.5, 0.6) is 0 Å². The van der Waals surface area contributed by atoms with Gasteiger partial charge in [-0.3, -0.25) is 4.79 Å². The number of carbonyl (C=O) groups is 1. The summed E-state index contributed by atoms with van der Waals surface area (Å²) >= 11 is 1.58. The number of H-pyrrole nitrogens is 1. The summed E-state index contributed by atoms with van der Waals surface area (Å²) in [6.45, 7) is 0.471. The zero-order valence-electron chi connectivity index (χ0n) is 13.7. The molecule has 130 valence electrons. The number of nitrogens with one attached hydrogen (secondary N) is 2. The predicted octanol–water partition coefficient (Wildman–Crippen LogP) is 2.12. The van der Waals surface area contributed by atoms with Gasteiger partial charge in [-0.15, -0.1) is 11.3 Å². The molecule has 2 N–H and O–H groups in total. The van der Waals surface area contributed by atoms with Gasteiger partial charge in [0.2, 0.25) is 0 Å². The SMILES string of the molecule is O=C(NCCc1nc(-c2ccccc2)cs1)c1ccc2n[nH]c(=O)n2c1. The van der Waals surface area contributed by atoms with E-state index in [1.54, 1.807) is 23.5 Å². The number of hydrogen-bond acceptors (Lipinski definition) is 5. The molecule has 0 bridgehead atoms. The summed E-state index contributed by atoms with van der Waals surface area (Å²) in [4.78, 5) is 28.4. The van der Waals surface area contributed by atoms with Crippen LogP contribution in [0, 0.1) is 0 Å². The number of amides is 1. The highest BCUT2D eigenvalue weighted by atomic mass is 32.1. The largest absolute Gasteiger partial charge is 0.352 e. The zero-order valence-corrected chi connectivity index (χ0v) is 14.5. The van der Waals surface area contributed by atoms with Crippen molar-refractivity contribution in [2.24, 2.45) is 0 Å². The van der Waals surface area contributed by atoms with Crippen LogP contribution in [0.3, 0.4) is 0 Å². The van der Waals surface area contributed by atoms with E-state index in [1.807, 2.05) is 35.7 Å². The Balaban J connectivity index is 1.38. The van der Waals surface area contributed by atoms with E-state index in [-0.39, 0.29) is 11.6 Å². The molecule has 3 heterocycles. The minimum absolute atomic E-state index is 0.236. The molecular formula is C18H15N5O2S. The van der Waals surface area contributed by atoms with E-state index in [2.05, 4.69) is 20.5 Å². The van der Waals surface area contributed by atoms with Crippen molar-refractivity contribution in [3.8, 4) is 11.3 Å². The van der Waals surface area contributed by atoms with E-state index < -0.39 is 0 Å². The van der Waals surface area contributed by atoms with E-state index in [9.17, 15) is 9.59 Å². The first-order valence-electron chi connectivity index (χ1n) is 8.05. The molecule has 7 nitrogen and oxygen atoms in total. The number of hydrogen-bond donors (Lipinski definition) is 2. The number of aromatic amines is 1. The van der Waals surface area contributed by atoms with Crippen molar-refractivity contribution < 1.29 is 4.79 Å². The van der Waals surface area contributed by atoms with E-state index >= 15 is 0 Å². The molecule has 4 aromatic rings. The van der Waals surface area contributed by atoms with Gasteiger partial charge in [-0.05, 0) is 12.1 Å². The highest BCUT2D eigenvalue weighted by molar-refractivity contribution is 7.09. The summed E-state index contributed by atoms with van der Waals surface area (Å²) in [7, 11) is 0. The fraction of sp³-hybridized carbons (Fsp3) is 0.111. The lowest BCUT2D eigenvalue weighted by atomic mass is 10.2. The minimum atomic E-state index is -0.370. The average molecular weight is 365 g/mol. The van der Waals surface area contributed by atoms with Gasteiger partial charge < -0.3 is 5.32 Å². The van der Waals surface area contributed by atoms with E-state index in [4.69, 9.17) is 0 Å². The standard InChI is InChI=1S/C18H15N5O2S/c24-17(13-6-7-15-21-22-18(25)23(15)10-13)19-9-8-16-20-14(11-26-16)12-4-2-1-3-5-12/h1-7,10-11H,8-9H2,(H,19,24)(H,22,25). The first kappa shape index (κ1) is 16.2. The number of nitrogens with zero attached hydrogens (tertiary/aromatic N) is 3. The van der Waals surface area contributed by atoms with Gasteiger partial charge >= 0.3 is 5.69 Å². The lowest BCUT2D eigenvalue weighted by Gasteiger charge is -2.04. The predicted molar refractivity (Wildman–Crippen MR) is 99.4 cm³/mol. The van der Waals surface area contributed by atoms with Crippen molar-refractivity contribution >= 4 is 22.9 Å². The molecule has 1 aromatic carbocycles. The number of aromatic nitrogens is 4. The molecule has 0 saturated heterocycles. The Morgan fingerprint density at radius 1 is 1.19 bits per heavy atom. The smallest absolute Gasteiger partial charge is 0.347 e. The summed E-state index contributed by atoms with van der Waals surface area (Å²) in [6.07, 6.45) is 2.13. The molecule has 0 atom stereocenters. The third kappa shape index (κ3) is 3.27. The molecule has 0 fully saturated rings. The number of benzene rings is 1. The Bertz CT molecular complexity index is 1110. The summed E-state index contributed by atoms with van der Waals surface area (Å²) in [5.74, 6) is -0.236. The summed E-state index contributed by atoms with van der Waals surface area (Å²) in [5, 5.41) is 12.0. The molecule has 26 heavy (non-hydrogen) atoms. The molecule has 0 aliphatic carbocycles. The fourth-order valence-corrected chi connectivity index (χ4v) is 3.40. The normalized spacial score (nSPS) is 10.9. The maximum absolute atomic E-state index is 12.3. The second-order valence-electron chi connectivity index (χ2n) is 5.67. The Labute approximate surface area is 152 Å². The molecule has 1 amide bonds. The van der Waals surface area contributed by atoms with Crippen molar-refractivity contribution in [3.63, 3.8) is 0 Å². The van der Waals surface area contributed by atoms with Crippen molar-refractivity contribution in [1.82, 2.24) is 24.9 Å². The fourth-order valence-electron chi connectivity index (χ4n) is 2.59. The van der Waals surface area contributed by atoms with Gasteiger partial charge in [0, 0.05) is 30.1 Å². The number of thiazole rings is 1. The Morgan fingerprint density at radius 2 is 2.04 bits per heavy atom. The number of pyridine rings is 1. The lowest BCUT2D eigenvalue weighted by molar-refractivity contribution is 0.0953. The van der Waals surface area contributed by atoms with Crippen molar-refractivity contribution in [2.45, 2.75) is 6.42 Å². The molecule has 0 saturated carbocycles. The van der Waals surface area contributed by atoms with Gasteiger partial charge in [0.1, 0.15) is 0 Å². The Kier molecular flexibility index (Phi) is 4.32. The zero-order chi connectivity index (χ0) is 17.9. The first-order chi connectivity index (χ1) is 12.7. The van der Waals surface area contributed by atoms with Crippen LogP contribution in [0.4, 0.5) is 0 Å². The highest BCUT2D eigenvalue weighted by Crippen LogP contribution is 2.21. The van der Waals surface area contributed by atoms with Crippen molar-refractivity contribution in [3.05, 3.63) is 75.1 Å². The third-order valence-corrected chi connectivity index (χ3v) is 4.83. The molecule has 0 unspecified atom stereocenters. The first-order valence-corrected chi connectivity index (χ1v) is 8.93. The van der Waals surface area contributed by atoms with Crippen LogP contribution in [-0.4, -0.2) is 32.0 Å². The van der Waals surface area contributed by atoms with Crippen LogP contribution < -0.4 is 11.0 Å². The van der Waals surface area contributed by atoms with Crippen LogP contribution in [0.25, 0.3) is 16.9 Å². The van der Waals surface area contributed by atoms with Gasteiger partial charge in [-0.25, -0.2) is 19.3 Å². The highest BCUT2D eigenvalue weighted by Gasteiger charge is 2.09. The monoisotopic (exact) mass is 365 g/mol. The topological polar surface area (TPSA) is 92.2 Å². The van der Waals surface area contributed by atoms with Crippen LogP contribution in [0.1, 0.15) is 15.4 Å². The van der Waals surface area contributed by atoms with Crippen LogP contribution in [0.2, 0.25) is 0 Å². The maximum atomic E-state index is 12.3. The summed E-state index contributed by atoms with van der Waals surface area (Å²) < 4.78 is 1.31. The molecule has 0 spiro atoms. The molecule has 3 aromatic heterocycles. The minimum Gasteiger partial charge on any atom is -0.352 e. The average Bonchev–Trinajstić information content (AvgIpc) is 3.29. The van der Waals surface area contributed by atoms with Crippen LogP contribution in [0.15, 0.2) is 58.8 Å². The van der Waals surface area contributed by atoms with Gasteiger partial charge in [-0.1, -0.05) is 30.3 Å². The summed E-state index contributed by atoms with van der Waals surface area (Å²) in [5.41, 5.74) is 2.54. The van der Waals surface area contributed by atoms with Crippen molar-refractivity contribution in [1.29, 1.82) is 0 Å². The number of carbonyl (C=O) groups excluding carboxylic acids is 1. The molecule has 8 heteroatoms. The molecular weight excluding hydrogens is 350 g/mol. The second-order valence-corrected chi connectivity index (χ2v) is 6.62. The maximum Gasteiger partial charge on any atom is 0.347 e. The second kappa shape index (κ2) is 6.93.